The van der Waals surface area contributed by atoms with E-state index in [0.717, 1.165) is 43.3 Å². The van der Waals surface area contributed by atoms with Crippen LogP contribution in [0.2, 0.25) is 0 Å². The number of fused-ring (bicyclic) bond motifs is 1. The number of rotatable bonds is 2. The van der Waals surface area contributed by atoms with Crippen LogP contribution in [0.3, 0.4) is 0 Å². The molecule has 0 bridgehead atoms. The van der Waals surface area contributed by atoms with Gasteiger partial charge >= 0.3 is 0 Å². The number of carbonyl (C=O) groups is 1. The van der Waals surface area contributed by atoms with Crippen molar-refractivity contribution in [2.75, 3.05) is 18.0 Å². The van der Waals surface area contributed by atoms with Crippen molar-refractivity contribution in [3.05, 3.63) is 17.1 Å². The van der Waals surface area contributed by atoms with Crippen LogP contribution >= 0.6 is 0 Å². The van der Waals surface area contributed by atoms with Crippen molar-refractivity contribution in [2.24, 2.45) is 5.92 Å². The molecule has 0 spiro atoms. The lowest BCUT2D eigenvalue weighted by atomic mass is 9.84. The molecule has 2 fully saturated rings. The molecular formula is C15H20N4O. The summed E-state index contributed by atoms with van der Waals surface area (Å²) in [5, 5.41) is 0. The van der Waals surface area contributed by atoms with Crippen molar-refractivity contribution in [3.63, 3.8) is 0 Å². The highest BCUT2D eigenvalue weighted by atomic mass is 16.2. The van der Waals surface area contributed by atoms with Gasteiger partial charge < -0.3 is 9.80 Å². The summed E-state index contributed by atoms with van der Waals surface area (Å²) in [7, 11) is 0. The van der Waals surface area contributed by atoms with Gasteiger partial charge in [-0.2, -0.15) is 0 Å². The van der Waals surface area contributed by atoms with Gasteiger partial charge in [-0.3, -0.25) is 4.79 Å². The SMILES string of the molecule is Cc1nc2c(c(N3CCC3)n1)CN(C(=O)C1CCC1)C2. The molecular weight excluding hydrogens is 252 g/mol. The largest absolute Gasteiger partial charge is 0.356 e. The monoisotopic (exact) mass is 272 g/mol. The first-order chi connectivity index (χ1) is 9.72. The number of hydrogen-bond donors (Lipinski definition) is 0. The van der Waals surface area contributed by atoms with Crippen molar-refractivity contribution in [3.8, 4) is 0 Å². The average Bonchev–Trinajstić information content (AvgIpc) is 2.67. The third kappa shape index (κ3) is 1.79. The lowest BCUT2D eigenvalue weighted by molar-refractivity contribution is -0.138. The number of nitrogens with zero attached hydrogens (tertiary/aromatic N) is 4. The number of carbonyl (C=O) groups excluding carboxylic acids is 1. The number of aryl methyl sites for hydroxylation is 1. The van der Waals surface area contributed by atoms with E-state index < -0.39 is 0 Å². The summed E-state index contributed by atoms with van der Waals surface area (Å²) in [4.78, 5) is 25.9. The Labute approximate surface area is 119 Å². The predicted molar refractivity (Wildman–Crippen MR) is 75.2 cm³/mol. The van der Waals surface area contributed by atoms with Crippen LogP contribution in [0.4, 0.5) is 5.82 Å². The third-order valence-corrected chi connectivity index (χ3v) is 4.79. The van der Waals surface area contributed by atoms with Crippen molar-refractivity contribution in [2.45, 2.75) is 45.7 Å². The number of anilines is 1. The van der Waals surface area contributed by atoms with Crippen molar-refractivity contribution >= 4 is 11.7 Å². The Morgan fingerprint density at radius 1 is 1.15 bits per heavy atom. The van der Waals surface area contributed by atoms with Crippen molar-refractivity contribution < 1.29 is 4.79 Å². The molecule has 20 heavy (non-hydrogen) atoms. The Kier molecular flexibility index (Phi) is 2.69. The van der Waals surface area contributed by atoms with Crippen molar-refractivity contribution in [1.82, 2.24) is 14.9 Å². The molecule has 1 aromatic rings. The molecule has 1 saturated heterocycles. The summed E-state index contributed by atoms with van der Waals surface area (Å²) in [5.41, 5.74) is 2.25. The van der Waals surface area contributed by atoms with Gasteiger partial charge in [-0.1, -0.05) is 6.42 Å². The standard InChI is InChI=1S/C15H20N4O/c1-10-16-13-9-19(15(20)11-4-2-5-11)8-12(13)14(17-10)18-6-3-7-18/h11H,2-9H2,1H3. The zero-order valence-electron chi connectivity index (χ0n) is 11.9. The van der Waals surface area contributed by atoms with Gasteiger partial charge in [0, 0.05) is 24.6 Å². The first kappa shape index (κ1) is 12.1. The van der Waals surface area contributed by atoms with Gasteiger partial charge in [0.1, 0.15) is 11.6 Å². The van der Waals surface area contributed by atoms with E-state index >= 15 is 0 Å². The van der Waals surface area contributed by atoms with Crippen molar-refractivity contribution in [1.29, 1.82) is 0 Å². The molecule has 0 unspecified atom stereocenters. The Morgan fingerprint density at radius 2 is 1.95 bits per heavy atom. The highest BCUT2D eigenvalue weighted by Crippen LogP contribution is 2.35. The van der Waals surface area contributed by atoms with E-state index in [1.54, 1.807) is 0 Å². The molecule has 3 aliphatic rings. The zero-order chi connectivity index (χ0) is 13.7. The Morgan fingerprint density at radius 3 is 2.55 bits per heavy atom. The molecule has 5 heteroatoms. The van der Waals surface area contributed by atoms with Gasteiger partial charge in [0.05, 0.1) is 18.8 Å². The molecule has 0 radical (unpaired) electrons. The molecule has 0 atom stereocenters. The average molecular weight is 272 g/mol. The Bertz CT molecular complexity index is 563. The normalized spacial score (nSPS) is 21.4. The highest BCUT2D eigenvalue weighted by Gasteiger charge is 2.35. The number of aromatic nitrogens is 2. The number of hydrogen-bond acceptors (Lipinski definition) is 4. The zero-order valence-corrected chi connectivity index (χ0v) is 11.9. The lowest BCUT2D eigenvalue weighted by Crippen LogP contribution is -2.39. The fourth-order valence-corrected chi connectivity index (χ4v) is 3.22. The first-order valence-electron chi connectivity index (χ1n) is 7.62. The Balaban J connectivity index is 1.61. The van der Waals surface area contributed by atoms with E-state index in [0.29, 0.717) is 19.0 Å². The second kappa shape index (κ2) is 4.43. The summed E-state index contributed by atoms with van der Waals surface area (Å²) in [6.45, 7) is 5.49. The maximum atomic E-state index is 12.4. The highest BCUT2D eigenvalue weighted by molar-refractivity contribution is 5.80. The molecule has 0 N–H and O–H groups in total. The molecule has 0 aromatic carbocycles. The van der Waals surface area contributed by atoms with E-state index in [9.17, 15) is 4.79 Å². The smallest absolute Gasteiger partial charge is 0.226 e. The molecule has 5 nitrogen and oxygen atoms in total. The summed E-state index contributed by atoms with van der Waals surface area (Å²) in [6.07, 6.45) is 4.57. The summed E-state index contributed by atoms with van der Waals surface area (Å²) in [5.74, 6) is 2.48. The Hall–Kier alpha value is -1.65. The van der Waals surface area contributed by atoms with Gasteiger partial charge in [-0.05, 0) is 26.2 Å². The maximum absolute atomic E-state index is 12.4. The van der Waals surface area contributed by atoms with E-state index in [1.165, 1.54) is 18.4 Å². The molecule has 1 saturated carbocycles. The first-order valence-corrected chi connectivity index (χ1v) is 7.62. The molecule has 1 aliphatic carbocycles. The third-order valence-electron chi connectivity index (χ3n) is 4.79. The minimum Gasteiger partial charge on any atom is -0.356 e. The molecule has 3 heterocycles. The topological polar surface area (TPSA) is 49.3 Å². The fraction of sp³-hybridized carbons (Fsp3) is 0.667. The van der Waals surface area contributed by atoms with Gasteiger partial charge in [0.25, 0.3) is 0 Å². The van der Waals surface area contributed by atoms with Crippen LogP contribution in [0, 0.1) is 12.8 Å². The predicted octanol–water partition coefficient (Wildman–Crippen LogP) is 1.64. The van der Waals surface area contributed by atoms with Crippen LogP contribution in [0.1, 0.15) is 42.8 Å². The second-order valence-electron chi connectivity index (χ2n) is 6.18. The lowest BCUT2D eigenvalue weighted by Gasteiger charge is -2.33. The van der Waals surface area contributed by atoms with Crippen LogP contribution in [0.15, 0.2) is 0 Å². The van der Waals surface area contributed by atoms with Gasteiger partial charge in [0.15, 0.2) is 0 Å². The summed E-state index contributed by atoms with van der Waals surface area (Å²) >= 11 is 0. The van der Waals surface area contributed by atoms with Crippen LogP contribution in [-0.4, -0.2) is 33.9 Å². The van der Waals surface area contributed by atoms with Gasteiger partial charge in [-0.15, -0.1) is 0 Å². The molecule has 1 aromatic heterocycles. The van der Waals surface area contributed by atoms with E-state index in [2.05, 4.69) is 14.9 Å². The molecule has 106 valence electrons. The second-order valence-corrected chi connectivity index (χ2v) is 6.18. The van der Waals surface area contributed by atoms with Crippen LogP contribution in [-0.2, 0) is 17.9 Å². The fourth-order valence-electron chi connectivity index (χ4n) is 3.22. The summed E-state index contributed by atoms with van der Waals surface area (Å²) < 4.78 is 0. The van der Waals surface area contributed by atoms with E-state index in [1.807, 2.05) is 11.8 Å². The number of amides is 1. The molecule has 2 aliphatic heterocycles. The van der Waals surface area contributed by atoms with E-state index in [4.69, 9.17) is 0 Å². The summed E-state index contributed by atoms with van der Waals surface area (Å²) in [6, 6.07) is 0. The van der Waals surface area contributed by atoms with Crippen LogP contribution in [0.25, 0.3) is 0 Å². The minimum absolute atomic E-state index is 0.269. The van der Waals surface area contributed by atoms with Crippen LogP contribution < -0.4 is 4.90 Å². The molecule has 1 amide bonds. The van der Waals surface area contributed by atoms with Crippen LogP contribution in [0.5, 0.6) is 0 Å². The van der Waals surface area contributed by atoms with E-state index in [-0.39, 0.29) is 5.92 Å². The molecule has 4 rings (SSSR count). The minimum atomic E-state index is 0.269. The van der Waals surface area contributed by atoms with Gasteiger partial charge in [-0.25, -0.2) is 9.97 Å². The van der Waals surface area contributed by atoms with Gasteiger partial charge in [0.2, 0.25) is 5.91 Å². The maximum Gasteiger partial charge on any atom is 0.226 e. The quantitative estimate of drug-likeness (QED) is 0.821.